The van der Waals surface area contributed by atoms with Gasteiger partial charge in [0.2, 0.25) is 5.91 Å². The smallest absolute Gasteiger partial charge is 0.330 e. The Morgan fingerprint density at radius 1 is 1.42 bits per heavy atom. The maximum atomic E-state index is 12.9. The Morgan fingerprint density at radius 3 is 2.85 bits per heavy atom. The average Bonchev–Trinajstić information content (AvgIpc) is 3.45. The molecule has 0 atom stereocenters. The molecular weight excluding hydrogens is 398 g/mol. The van der Waals surface area contributed by atoms with E-state index >= 15 is 0 Å². The molecule has 1 heterocycles. The molecule has 0 aromatic heterocycles. The molecule has 7 nitrogen and oxygen atoms in total. The number of rotatable bonds is 5. The average molecular weight is 418 g/mol. The molecule has 0 radical (unpaired) electrons. The van der Waals surface area contributed by atoms with Gasteiger partial charge in [0.05, 0.1) is 12.2 Å². The summed E-state index contributed by atoms with van der Waals surface area (Å²) in [5, 5.41) is 11.7. The quantitative estimate of drug-likeness (QED) is 0.506. The Morgan fingerprint density at radius 2 is 2.19 bits per heavy atom. The number of amides is 3. The predicted octanol–water partition coefficient (Wildman–Crippen LogP) is 2.80. The fourth-order valence-corrected chi connectivity index (χ4v) is 2.98. The lowest BCUT2D eigenvalue weighted by atomic mass is 10.1. The molecule has 0 spiro atoms. The molecule has 1 aliphatic carbocycles. The third-order valence-electron chi connectivity index (χ3n) is 4.22. The topological polar surface area (TPSA) is 103 Å². The molecule has 1 aromatic rings. The molecule has 0 bridgehead atoms. The van der Waals surface area contributed by atoms with Gasteiger partial charge in [0, 0.05) is 34.9 Å². The SMILES string of the molecule is N=C1C(=CN)CN(C2CC2)C(=O)N1c1cccc(NC(=O)/C=C/CBr)c1. The summed E-state index contributed by atoms with van der Waals surface area (Å²) in [6.45, 7) is 0.364. The fourth-order valence-electron chi connectivity index (χ4n) is 2.79. The van der Waals surface area contributed by atoms with Crippen molar-refractivity contribution < 1.29 is 9.59 Å². The van der Waals surface area contributed by atoms with Crippen molar-refractivity contribution in [2.75, 3.05) is 22.1 Å². The Labute approximate surface area is 160 Å². The molecule has 136 valence electrons. The van der Waals surface area contributed by atoms with E-state index in [2.05, 4.69) is 21.2 Å². The Hall–Kier alpha value is -2.61. The van der Waals surface area contributed by atoms with Gasteiger partial charge in [0.25, 0.3) is 0 Å². The minimum atomic E-state index is -0.260. The van der Waals surface area contributed by atoms with Crippen molar-refractivity contribution in [3.05, 3.63) is 48.2 Å². The first-order valence-corrected chi connectivity index (χ1v) is 9.41. The first-order valence-electron chi connectivity index (χ1n) is 8.29. The normalized spacial score (nSPS) is 19.5. The number of hydrogen-bond donors (Lipinski definition) is 3. The first kappa shape index (κ1) is 18.2. The van der Waals surface area contributed by atoms with Gasteiger partial charge in [-0.1, -0.05) is 28.1 Å². The number of amidine groups is 1. The zero-order valence-corrected chi connectivity index (χ0v) is 15.7. The maximum Gasteiger partial charge on any atom is 0.330 e. The van der Waals surface area contributed by atoms with Gasteiger partial charge in [0.15, 0.2) is 0 Å². The summed E-state index contributed by atoms with van der Waals surface area (Å²) < 4.78 is 0. The van der Waals surface area contributed by atoms with Crippen LogP contribution >= 0.6 is 15.9 Å². The summed E-state index contributed by atoms with van der Waals surface area (Å²) in [5.41, 5.74) is 7.34. The van der Waals surface area contributed by atoms with Gasteiger partial charge in [-0.2, -0.15) is 0 Å². The highest BCUT2D eigenvalue weighted by Crippen LogP contribution is 2.33. The molecular formula is C18H20BrN5O2. The van der Waals surface area contributed by atoms with E-state index in [-0.39, 0.29) is 23.8 Å². The number of nitrogens with one attached hydrogen (secondary N) is 2. The van der Waals surface area contributed by atoms with Crippen LogP contribution in [0, 0.1) is 5.41 Å². The van der Waals surface area contributed by atoms with Crippen molar-refractivity contribution in [2.45, 2.75) is 18.9 Å². The van der Waals surface area contributed by atoms with Gasteiger partial charge in [-0.15, -0.1) is 0 Å². The number of benzene rings is 1. The van der Waals surface area contributed by atoms with Crippen LogP contribution in [0.2, 0.25) is 0 Å². The Kier molecular flexibility index (Phi) is 5.41. The van der Waals surface area contributed by atoms with Gasteiger partial charge in [-0.05, 0) is 31.0 Å². The van der Waals surface area contributed by atoms with Crippen molar-refractivity contribution >= 4 is 45.1 Å². The molecule has 0 unspecified atom stereocenters. The van der Waals surface area contributed by atoms with E-state index in [0.29, 0.717) is 28.8 Å². The molecule has 4 N–H and O–H groups in total. The lowest BCUT2D eigenvalue weighted by molar-refractivity contribution is -0.111. The summed E-state index contributed by atoms with van der Waals surface area (Å²) in [5.74, 6) is -0.194. The number of carbonyl (C=O) groups excluding carboxylic acids is 2. The second kappa shape index (κ2) is 7.74. The molecule has 1 saturated carbocycles. The summed E-state index contributed by atoms with van der Waals surface area (Å²) in [7, 11) is 0. The van der Waals surface area contributed by atoms with E-state index in [1.54, 1.807) is 35.2 Å². The van der Waals surface area contributed by atoms with Crippen LogP contribution in [-0.4, -0.2) is 40.6 Å². The molecule has 8 heteroatoms. The monoisotopic (exact) mass is 417 g/mol. The zero-order chi connectivity index (χ0) is 18.7. The molecule has 2 aliphatic rings. The molecule has 1 aromatic carbocycles. The van der Waals surface area contributed by atoms with Crippen LogP contribution in [0.1, 0.15) is 12.8 Å². The second-order valence-corrected chi connectivity index (χ2v) is 6.76. The van der Waals surface area contributed by atoms with Crippen LogP contribution in [0.5, 0.6) is 0 Å². The number of hydrogen-bond acceptors (Lipinski definition) is 4. The summed E-state index contributed by atoms with van der Waals surface area (Å²) in [4.78, 5) is 27.8. The van der Waals surface area contributed by atoms with Crippen LogP contribution in [-0.2, 0) is 4.79 Å². The van der Waals surface area contributed by atoms with Crippen molar-refractivity contribution in [3.63, 3.8) is 0 Å². The number of halogens is 1. The molecule has 3 rings (SSSR count). The van der Waals surface area contributed by atoms with Crippen molar-refractivity contribution in [3.8, 4) is 0 Å². The number of nitrogens with two attached hydrogens (primary N) is 1. The van der Waals surface area contributed by atoms with Crippen LogP contribution in [0.25, 0.3) is 0 Å². The number of allylic oxidation sites excluding steroid dienone is 1. The highest BCUT2D eigenvalue weighted by atomic mass is 79.9. The van der Waals surface area contributed by atoms with Crippen molar-refractivity contribution in [2.24, 2.45) is 5.73 Å². The van der Waals surface area contributed by atoms with Gasteiger partial charge >= 0.3 is 6.03 Å². The van der Waals surface area contributed by atoms with E-state index in [9.17, 15) is 9.59 Å². The Bertz CT molecular complexity index is 801. The number of alkyl halides is 1. The summed E-state index contributed by atoms with van der Waals surface area (Å²) >= 11 is 3.22. The molecule has 2 fully saturated rings. The fraction of sp³-hybridized carbons (Fsp3) is 0.278. The van der Waals surface area contributed by atoms with E-state index in [1.807, 2.05) is 0 Å². The number of urea groups is 1. The predicted molar refractivity (Wildman–Crippen MR) is 106 cm³/mol. The van der Waals surface area contributed by atoms with Crippen molar-refractivity contribution in [1.29, 1.82) is 5.41 Å². The lowest BCUT2D eigenvalue weighted by Crippen LogP contribution is -2.54. The zero-order valence-electron chi connectivity index (χ0n) is 14.1. The van der Waals surface area contributed by atoms with Gasteiger partial charge in [-0.25, -0.2) is 9.69 Å². The van der Waals surface area contributed by atoms with Gasteiger partial charge in [-0.3, -0.25) is 10.2 Å². The first-order chi connectivity index (χ1) is 12.5. The van der Waals surface area contributed by atoms with E-state index < -0.39 is 0 Å². The standard InChI is InChI=1S/C18H20BrN5O2/c19-8-2-5-16(25)22-13-3-1-4-15(9-13)24-17(21)12(10-20)11-23(18(24)26)14-6-7-14/h1-5,9-10,14,21H,6-8,11,20H2,(H,22,25)/b5-2+,12-10?,21-17?. The lowest BCUT2D eigenvalue weighted by Gasteiger charge is -2.37. The minimum Gasteiger partial charge on any atom is -0.404 e. The molecule has 1 saturated heterocycles. The highest BCUT2D eigenvalue weighted by molar-refractivity contribution is 9.09. The molecule has 1 aliphatic heterocycles. The van der Waals surface area contributed by atoms with E-state index in [1.165, 1.54) is 17.2 Å². The third-order valence-corrected chi connectivity index (χ3v) is 4.60. The number of anilines is 2. The van der Waals surface area contributed by atoms with Crippen molar-refractivity contribution in [1.82, 2.24) is 4.90 Å². The summed E-state index contributed by atoms with van der Waals surface area (Å²) in [6.07, 6.45) is 6.45. The third kappa shape index (κ3) is 3.80. The van der Waals surface area contributed by atoms with E-state index in [4.69, 9.17) is 11.1 Å². The van der Waals surface area contributed by atoms with Crippen LogP contribution in [0.4, 0.5) is 16.2 Å². The van der Waals surface area contributed by atoms with Crippen LogP contribution in [0.15, 0.2) is 48.2 Å². The number of nitrogens with zero attached hydrogens (tertiary/aromatic N) is 2. The molecule has 26 heavy (non-hydrogen) atoms. The second-order valence-electron chi connectivity index (χ2n) is 6.11. The van der Waals surface area contributed by atoms with Gasteiger partial charge in [0.1, 0.15) is 5.84 Å². The summed E-state index contributed by atoms with van der Waals surface area (Å²) in [6, 6.07) is 6.87. The Balaban J connectivity index is 1.87. The van der Waals surface area contributed by atoms with Crippen LogP contribution in [0.3, 0.4) is 0 Å². The van der Waals surface area contributed by atoms with Gasteiger partial charge < -0.3 is 16.0 Å². The van der Waals surface area contributed by atoms with E-state index in [0.717, 1.165) is 12.8 Å². The molecule has 3 amide bonds. The highest BCUT2D eigenvalue weighted by Gasteiger charge is 2.41. The largest absolute Gasteiger partial charge is 0.404 e. The number of carbonyl (C=O) groups is 2. The van der Waals surface area contributed by atoms with Crippen LogP contribution < -0.4 is 16.0 Å². The minimum absolute atomic E-state index is 0.0667. The maximum absolute atomic E-state index is 12.9.